The van der Waals surface area contributed by atoms with Gasteiger partial charge in [0, 0.05) is 25.3 Å². The fourth-order valence-electron chi connectivity index (χ4n) is 2.53. The van der Waals surface area contributed by atoms with E-state index in [4.69, 9.17) is 5.11 Å². The van der Waals surface area contributed by atoms with Crippen molar-refractivity contribution < 1.29 is 9.90 Å². The third kappa shape index (κ3) is 2.81. The molecule has 0 saturated heterocycles. The zero-order valence-electron chi connectivity index (χ0n) is 12.0. The second kappa shape index (κ2) is 5.74. The Bertz CT molecular complexity index is 450. The van der Waals surface area contributed by atoms with Gasteiger partial charge in [-0.3, -0.25) is 9.48 Å². The van der Waals surface area contributed by atoms with Gasteiger partial charge >= 0.3 is 0 Å². The Morgan fingerprint density at radius 2 is 2.26 bits per heavy atom. The Hall–Kier alpha value is -1.36. The van der Waals surface area contributed by atoms with Gasteiger partial charge in [-0.15, -0.1) is 0 Å². The number of hydrogen-bond acceptors (Lipinski definition) is 3. The molecule has 1 aliphatic carbocycles. The van der Waals surface area contributed by atoms with E-state index in [1.165, 1.54) is 6.42 Å². The number of aromatic nitrogens is 2. The van der Waals surface area contributed by atoms with Crippen LogP contribution in [0.5, 0.6) is 0 Å². The van der Waals surface area contributed by atoms with Crippen LogP contribution >= 0.6 is 0 Å². The molecule has 1 N–H and O–H groups in total. The Morgan fingerprint density at radius 3 is 2.68 bits per heavy atom. The fraction of sp³-hybridized carbons (Fsp3) is 0.714. The van der Waals surface area contributed by atoms with E-state index in [9.17, 15) is 4.79 Å². The van der Waals surface area contributed by atoms with Crippen LogP contribution in [0.15, 0.2) is 6.07 Å². The minimum absolute atomic E-state index is 0.00606. The van der Waals surface area contributed by atoms with Crippen LogP contribution in [-0.4, -0.2) is 44.9 Å². The molecule has 19 heavy (non-hydrogen) atoms. The van der Waals surface area contributed by atoms with Crippen LogP contribution in [0.3, 0.4) is 0 Å². The largest absolute Gasteiger partial charge is 0.395 e. The van der Waals surface area contributed by atoms with Gasteiger partial charge in [0.1, 0.15) is 0 Å². The van der Waals surface area contributed by atoms with Crippen LogP contribution in [0.25, 0.3) is 0 Å². The average molecular weight is 265 g/mol. The highest BCUT2D eigenvalue weighted by Crippen LogP contribution is 2.26. The second-order valence-corrected chi connectivity index (χ2v) is 5.54. The highest BCUT2D eigenvalue weighted by Gasteiger charge is 2.30. The molecule has 1 fully saturated rings. The lowest BCUT2D eigenvalue weighted by atomic mass is 9.91. The van der Waals surface area contributed by atoms with Gasteiger partial charge in [-0.1, -0.05) is 13.8 Å². The third-order valence-corrected chi connectivity index (χ3v) is 3.84. The summed E-state index contributed by atoms with van der Waals surface area (Å²) in [7, 11) is 1.87. The summed E-state index contributed by atoms with van der Waals surface area (Å²) in [6.07, 6.45) is 3.24. The van der Waals surface area contributed by atoms with E-state index in [0.29, 0.717) is 18.2 Å². The lowest BCUT2D eigenvalue weighted by Gasteiger charge is -2.36. The summed E-state index contributed by atoms with van der Waals surface area (Å²) in [5.74, 6) is 0.287. The van der Waals surface area contributed by atoms with Gasteiger partial charge in [-0.2, -0.15) is 5.10 Å². The molecular formula is C14H23N3O2. The minimum Gasteiger partial charge on any atom is -0.395 e. The molecule has 5 nitrogen and oxygen atoms in total. The van der Waals surface area contributed by atoms with Crippen molar-refractivity contribution in [1.82, 2.24) is 14.7 Å². The molecule has 1 saturated carbocycles. The lowest BCUT2D eigenvalue weighted by Crippen LogP contribution is -2.45. The van der Waals surface area contributed by atoms with Gasteiger partial charge in [0.2, 0.25) is 0 Å². The van der Waals surface area contributed by atoms with Crippen molar-refractivity contribution in [2.45, 2.75) is 45.1 Å². The molecule has 1 heterocycles. The quantitative estimate of drug-likeness (QED) is 0.878. The maximum Gasteiger partial charge on any atom is 0.274 e. The molecule has 0 bridgehead atoms. The first-order chi connectivity index (χ1) is 9.04. The summed E-state index contributed by atoms with van der Waals surface area (Å²) >= 11 is 0. The molecule has 0 spiro atoms. The molecule has 1 amide bonds. The van der Waals surface area contributed by atoms with Crippen molar-refractivity contribution in [3.05, 3.63) is 17.5 Å². The Morgan fingerprint density at radius 1 is 1.58 bits per heavy atom. The molecule has 5 heteroatoms. The summed E-state index contributed by atoms with van der Waals surface area (Å²) in [5, 5.41) is 13.4. The zero-order valence-corrected chi connectivity index (χ0v) is 12.0. The number of amides is 1. The van der Waals surface area contributed by atoms with E-state index >= 15 is 0 Å². The predicted molar refractivity (Wildman–Crippen MR) is 73.1 cm³/mol. The summed E-state index contributed by atoms with van der Waals surface area (Å²) in [6.45, 7) is 4.58. The molecule has 1 aromatic heterocycles. The fourth-order valence-corrected chi connectivity index (χ4v) is 2.53. The SMILES string of the molecule is CC(C)c1cc(C(=O)N(CCO)C2CCC2)nn1C. The smallest absolute Gasteiger partial charge is 0.274 e. The molecule has 0 radical (unpaired) electrons. The minimum atomic E-state index is -0.0544. The molecule has 1 aliphatic rings. The molecule has 2 rings (SSSR count). The third-order valence-electron chi connectivity index (χ3n) is 3.84. The van der Waals surface area contributed by atoms with Gasteiger partial charge in [-0.05, 0) is 31.2 Å². The first kappa shape index (κ1) is 14.1. The summed E-state index contributed by atoms with van der Waals surface area (Å²) in [6, 6.07) is 2.15. The van der Waals surface area contributed by atoms with Crippen molar-refractivity contribution >= 4 is 5.91 Å². The lowest BCUT2D eigenvalue weighted by molar-refractivity contribution is 0.0519. The number of aryl methyl sites for hydroxylation is 1. The van der Waals surface area contributed by atoms with Crippen LogP contribution < -0.4 is 0 Å². The van der Waals surface area contributed by atoms with Crippen molar-refractivity contribution in [1.29, 1.82) is 0 Å². The Balaban J connectivity index is 2.18. The van der Waals surface area contributed by atoms with Crippen LogP contribution in [0.2, 0.25) is 0 Å². The molecule has 1 aromatic rings. The van der Waals surface area contributed by atoms with Gasteiger partial charge in [-0.25, -0.2) is 0 Å². The number of nitrogens with zero attached hydrogens (tertiary/aromatic N) is 3. The van der Waals surface area contributed by atoms with Crippen LogP contribution in [0.4, 0.5) is 0 Å². The predicted octanol–water partition coefficient (Wildman–Crippen LogP) is 1.53. The van der Waals surface area contributed by atoms with Crippen LogP contribution in [0, 0.1) is 0 Å². The van der Waals surface area contributed by atoms with Gasteiger partial charge in [0.15, 0.2) is 5.69 Å². The second-order valence-electron chi connectivity index (χ2n) is 5.54. The van der Waals surface area contributed by atoms with Gasteiger partial charge in [0.05, 0.1) is 6.61 Å². The van der Waals surface area contributed by atoms with E-state index in [-0.39, 0.29) is 18.6 Å². The molecule has 0 unspecified atom stereocenters. The number of rotatable bonds is 5. The van der Waals surface area contributed by atoms with E-state index in [1.54, 1.807) is 9.58 Å². The monoisotopic (exact) mass is 265 g/mol. The van der Waals surface area contributed by atoms with E-state index < -0.39 is 0 Å². The number of hydrogen-bond donors (Lipinski definition) is 1. The standard InChI is InChI=1S/C14H23N3O2/c1-10(2)13-9-12(15-16(13)3)14(19)17(7-8-18)11-5-4-6-11/h9-11,18H,4-8H2,1-3H3. The number of carbonyl (C=O) groups is 1. The first-order valence-corrected chi connectivity index (χ1v) is 7.00. The number of carbonyl (C=O) groups excluding carboxylic acids is 1. The highest BCUT2D eigenvalue weighted by atomic mass is 16.3. The van der Waals surface area contributed by atoms with E-state index in [1.807, 2.05) is 13.1 Å². The molecule has 106 valence electrons. The number of aliphatic hydroxyl groups excluding tert-OH is 1. The van der Waals surface area contributed by atoms with Crippen LogP contribution in [0.1, 0.15) is 55.2 Å². The normalized spacial score (nSPS) is 15.6. The van der Waals surface area contributed by atoms with Crippen LogP contribution in [-0.2, 0) is 7.05 Å². The Labute approximate surface area is 114 Å². The summed E-state index contributed by atoms with van der Waals surface area (Å²) in [4.78, 5) is 14.3. The molecular weight excluding hydrogens is 242 g/mol. The first-order valence-electron chi connectivity index (χ1n) is 7.00. The van der Waals surface area contributed by atoms with Crippen molar-refractivity contribution in [3.8, 4) is 0 Å². The highest BCUT2D eigenvalue weighted by molar-refractivity contribution is 5.92. The van der Waals surface area contributed by atoms with Gasteiger partial charge in [0.25, 0.3) is 5.91 Å². The van der Waals surface area contributed by atoms with Crippen molar-refractivity contribution in [3.63, 3.8) is 0 Å². The molecule has 0 atom stereocenters. The number of aliphatic hydroxyl groups is 1. The summed E-state index contributed by atoms with van der Waals surface area (Å²) < 4.78 is 1.77. The molecule has 0 aromatic carbocycles. The van der Waals surface area contributed by atoms with E-state index in [2.05, 4.69) is 18.9 Å². The van der Waals surface area contributed by atoms with E-state index in [0.717, 1.165) is 18.5 Å². The topological polar surface area (TPSA) is 58.4 Å². The zero-order chi connectivity index (χ0) is 14.0. The molecule has 0 aliphatic heterocycles. The maximum absolute atomic E-state index is 12.5. The van der Waals surface area contributed by atoms with Gasteiger partial charge < -0.3 is 10.0 Å². The average Bonchev–Trinajstić information content (AvgIpc) is 2.67. The maximum atomic E-state index is 12.5. The van der Waals surface area contributed by atoms with Crippen molar-refractivity contribution in [2.24, 2.45) is 7.05 Å². The summed E-state index contributed by atoms with van der Waals surface area (Å²) in [5.41, 5.74) is 1.55. The Kier molecular flexibility index (Phi) is 4.24. The van der Waals surface area contributed by atoms with Crippen molar-refractivity contribution in [2.75, 3.05) is 13.2 Å².